The molecule has 4 rings (SSSR count). The lowest BCUT2D eigenvalue weighted by molar-refractivity contribution is 0.0706. The predicted octanol–water partition coefficient (Wildman–Crippen LogP) is 2.60. The number of aryl methyl sites for hydroxylation is 1. The highest BCUT2D eigenvalue weighted by Crippen LogP contribution is 2.35. The lowest BCUT2D eigenvalue weighted by atomic mass is 9.80. The summed E-state index contributed by atoms with van der Waals surface area (Å²) in [6.45, 7) is 5.44. The Morgan fingerprint density at radius 3 is 2.79 bits per heavy atom. The molecule has 0 aromatic carbocycles. The van der Waals surface area contributed by atoms with Crippen LogP contribution in [-0.2, 0) is 0 Å². The Bertz CT molecular complexity index is 687. The number of anilines is 1. The molecule has 0 bridgehead atoms. The molecule has 1 saturated heterocycles. The van der Waals surface area contributed by atoms with Gasteiger partial charge < -0.3 is 5.32 Å². The zero-order chi connectivity index (χ0) is 16.4. The molecule has 0 amide bonds. The van der Waals surface area contributed by atoms with E-state index in [0.717, 1.165) is 18.1 Å². The molecule has 3 heterocycles. The van der Waals surface area contributed by atoms with Crippen molar-refractivity contribution in [2.75, 3.05) is 36.5 Å². The summed E-state index contributed by atoms with van der Waals surface area (Å²) in [5, 5.41) is 8.02. The van der Waals surface area contributed by atoms with Crippen LogP contribution < -0.4 is 5.32 Å². The third-order valence-corrected chi connectivity index (χ3v) is 6.39. The maximum absolute atomic E-state index is 4.43. The molecule has 0 spiro atoms. The van der Waals surface area contributed by atoms with E-state index in [-0.39, 0.29) is 0 Å². The van der Waals surface area contributed by atoms with Gasteiger partial charge in [0, 0.05) is 48.4 Å². The average molecular weight is 347 g/mol. The van der Waals surface area contributed by atoms with Crippen molar-refractivity contribution in [3.8, 4) is 0 Å². The third kappa shape index (κ3) is 3.11. The molecule has 1 saturated carbocycles. The van der Waals surface area contributed by atoms with E-state index in [0.29, 0.717) is 11.3 Å². The van der Waals surface area contributed by atoms with Crippen LogP contribution in [0.25, 0.3) is 5.78 Å². The van der Waals surface area contributed by atoms with E-state index in [1.54, 1.807) is 6.33 Å². The first-order valence-corrected chi connectivity index (χ1v) is 10.2. The number of aromatic nitrogens is 4. The molecular weight excluding hydrogens is 320 g/mol. The van der Waals surface area contributed by atoms with Crippen LogP contribution in [0.1, 0.15) is 37.8 Å². The number of hydrogen-bond donors (Lipinski definition) is 1. The normalized spacial score (nSPS) is 21.9. The summed E-state index contributed by atoms with van der Waals surface area (Å²) in [6, 6.07) is 2.07. The Morgan fingerprint density at radius 2 is 2.00 bits per heavy atom. The number of thioether (sulfide) groups is 1. The predicted molar refractivity (Wildman–Crippen MR) is 98.7 cm³/mol. The Hall–Kier alpha value is -1.34. The van der Waals surface area contributed by atoms with Crippen LogP contribution in [0.5, 0.6) is 0 Å². The van der Waals surface area contributed by atoms with Crippen LogP contribution in [0.2, 0.25) is 0 Å². The molecular formula is C17H26N6S. The Kier molecular flexibility index (Phi) is 4.63. The van der Waals surface area contributed by atoms with Crippen LogP contribution >= 0.6 is 11.8 Å². The van der Waals surface area contributed by atoms with E-state index in [9.17, 15) is 0 Å². The molecule has 0 atom stereocenters. The summed E-state index contributed by atoms with van der Waals surface area (Å²) in [6.07, 6.45) is 8.25. The fourth-order valence-electron chi connectivity index (χ4n) is 4.16. The van der Waals surface area contributed by atoms with Crippen molar-refractivity contribution in [3.05, 3.63) is 18.1 Å². The van der Waals surface area contributed by atoms with Crippen molar-refractivity contribution < 1.29 is 0 Å². The SMILES string of the molecule is Cc1cc(NCC2(N3CCSCC3)CCCCC2)n2ncnc2n1. The second-order valence-corrected chi connectivity index (χ2v) is 8.22. The Morgan fingerprint density at radius 1 is 1.21 bits per heavy atom. The van der Waals surface area contributed by atoms with E-state index in [4.69, 9.17) is 0 Å². The molecule has 7 heteroatoms. The molecule has 1 aliphatic heterocycles. The van der Waals surface area contributed by atoms with Gasteiger partial charge in [0.25, 0.3) is 5.78 Å². The monoisotopic (exact) mass is 346 g/mol. The van der Waals surface area contributed by atoms with Gasteiger partial charge in [-0.25, -0.2) is 4.98 Å². The van der Waals surface area contributed by atoms with Gasteiger partial charge in [-0.1, -0.05) is 19.3 Å². The molecule has 1 N–H and O–H groups in total. The minimum atomic E-state index is 0.295. The van der Waals surface area contributed by atoms with Crippen molar-refractivity contribution >= 4 is 23.4 Å². The maximum Gasteiger partial charge on any atom is 0.254 e. The summed E-state index contributed by atoms with van der Waals surface area (Å²) >= 11 is 2.09. The first-order chi connectivity index (χ1) is 11.8. The zero-order valence-corrected chi connectivity index (χ0v) is 15.2. The van der Waals surface area contributed by atoms with Crippen molar-refractivity contribution in [2.45, 2.75) is 44.6 Å². The van der Waals surface area contributed by atoms with E-state index in [2.05, 4.69) is 43.1 Å². The van der Waals surface area contributed by atoms with E-state index in [1.165, 1.54) is 56.7 Å². The van der Waals surface area contributed by atoms with Gasteiger partial charge in [0.15, 0.2) is 0 Å². The van der Waals surface area contributed by atoms with Gasteiger partial charge >= 0.3 is 0 Å². The van der Waals surface area contributed by atoms with Crippen LogP contribution in [0.15, 0.2) is 12.4 Å². The standard InChI is InChI=1S/C17H26N6S/c1-14-11-15(23-16(21-14)19-13-20-23)18-12-17(5-3-2-4-6-17)22-7-9-24-10-8-22/h11,13,18H,2-10,12H2,1H3. The van der Waals surface area contributed by atoms with Crippen LogP contribution in [0.3, 0.4) is 0 Å². The number of rotatable bonds is 4. The number of hydrogen-bond acceptors (Lipinski definition) is 6. The van der Waals surface area contributed by atoms with Crippen molar-refractivity contribution in [3.63, 3.8) is 0 Å². The van der Waals surface area contributed by atoms with Crippen LogP contribution in [0, 0.1) is 6.92 Å². The average Bonchev–Trinajstić information content (AvgIpc) is 3.09. The Labute approximate surface area is 147 Å². The summed E-state index contributed by atoms with van der Waals surface area (Å²) in [5.74, 6) is 4.21. The summed E-state index contributed by atoms with van der Waals surface area (Å²) in [4.78, 5) is 11.4. The molecule has 2 fully saturated rings. The van der Waals surface area contributed by atoms with E-state index < -0.39 is 0 Å². The molecule has 24 heavy (non-hydrogen) atoms. The second kappa shape index (κ2) is 6.88. The fraction of sp³-hybridized carbons (Fsp3) is 0.706. The smallest absolute Gasteiger partial charge is 0.254 e. The molecule has 0 radical (unpaired) electrons. The van der Waals surface area contributed by atoms with Gasteiger partial charge in [-0.2, -0.15) is 26.4 Å². The van der Waals surface area contributed by atoms with Gasteiger partial charge in [0.2, 0.25) is 0 Å². The van der Waals surface area contributed by atoms with Crippen LogP contribution in [0.4, 0.5) is 5.82 Å². The first kappa shape index (κ1) is 16.1. The highest BCUT2D eigenvalue weighted by molar-refractivity contribution is 7.99. The lowest BCUT2D eigenvalue weighted by Gasteiger charge is -2.48. The third-order valence-electron chi connectivity index (χ3n) is 5.44. The molecule has 6 nitrogen and oxygen atoms in total. The minimum absolute atomic E-state index is 0.295. The van der Waals surface area contributed by atoms with Gasteiger partial charge in [-0.15, -0.1) is 0 Å². The molecule has 130 valence electrons. The second-order valence-electron chi connectivity index (χ2n) is 6.99. The maximum atomic E-state index is 4.43. The van der Waals surface area contributed by atoms with Crippen molar-refractivity contribution in [2.24, 2.45) is 0 Å². The van der Waals surface area contributed by atoms with Gasteiger partial charge in [0.05, 0.1) is 0 Å². The molecule has 0 unspecified atom stereocenters. The number of nitrogens with one attached hydrogen (secondary N) is 1. The zero-order valence-electron chi connectivity index (χ0n) is 14.4. The van der Waals surface area contributed by atoms with E-state index >= 15 is 0 Å². The topological polar surface area (TPSA) is 58.4 Å². The summed E-state index contributed by atoms with van der Waals surface area (Å²) < 4.78 is 1.82. The molecule has 2 aromatic rings. The molecule has 2 aliphatic rings. The molecule has 1 aliphatic carbocycles. The van der Waals surface area contributed by atoms with E-state index in [1.807, 2.05) is 11.4 Å². The lowest BCUT2D eigenvalue weighted by Crippen LogP contribution is -2.57. The van der Waals surface area contributed by atoms with Crippen LogP contribution in [-0.4, -0.2) is 61.2 Å². The fourth-order valence-corrected chi connectivity index (χ4v) is 5.07. The van der Waals surface area contributed by atoms with Gasteiger partial charge in [0.1, 0.15) is 12.1 Å². The summed E-state index contributed by atoms with van der Waals surface area (Å²) in [5.41, 5.74) is 1.27. The highest BCUT2D eigenvalue weighted by atomic mass is 32.2. The van der Waals surface area contributed by atoms with Gasteiger partial charge in [-0.05, 0) is 19.8 Å². The van der Waals surface area contributed by atoms with Crippen molar-refractivity contribution in [1.82, 2.24) is 24.5 Å². The van der Waals surface area contributed by atoms with Crippen molar-refractivity contribution in [1.29, 1.82) is 0 Å². The Balaban J connectivity index is 1.57. The minimum Gasteiger partial charge on any atom is -0.368 e. The molecule has 2 aromatic heterocycles. The summed E-state index contributed by atoms with van der Waals surface area (Å²) in [7, 11) is 0. The number of nitrogens with zero attached hydrogens (tertiary/aromatic N) is 5. The van der Waals surface area contributed by atoms with Gasteiger partial charge in [-0.3, -0.25) is 4.90 Å². The first-order valence-electron chi connectivity index (χ1n) is 9.01. The highest BCUT2D eigenvalue weighted by Gasteiger charge is 2.38. The quantitative estimate of drug-likeness (QED) is 0.918. The number of fused-ring (bicyclic) bond motifs is 1. The largest absolute Gasteiger partial charge is 0.368 e.